The van der Waals surface area contributed by atoms with Crippen molar-refractivity contribution in [2.24, 2.45) is 5.92 Å². The van der Waals surface area contributed by atoms with Crippen LogP contribution in [0, 0.1) is 19.8 Å². The third kappa shape index (κ3) is 8.22. The number of benzene rings is 1. The smallest absolute Gasteiger partial charge is 0.414 e. The molecule has 1 aliphatic rings. The number of ether oxygens (including phenoxy) is 1. The van der Waals surface area contributed by atoms with Gasteiger partial charge in [0.2, 0.25) is 5.88 Å². The molecule has 2 N–H and O–H groups in total. The molecule has 0 saturated carbocycles. The van der Waals surface area contributed by atoms with Crippen LogP contribution in [0.1, 0.15) is 35.1 Å². The number of aryl methyl sites for hydroxylation is 2. The highest BCUT2D eigenvalue weighted by Gasteiger charge is 2.18. The summed E-state index contributed by atoms with van der Waals surface area (Å²) in [6.07, 6.45) is 8.90. The Morgan fingerprint density at radius 2 is 1.74 bits per heavy atom. The van der Waals surface area contributed by atoms with Gasteiger partial charge in [-0.25, -0.2) is 14.6 Å². The molecule has 1 saturated heterocycles. The molecule has 7 nitrogen and oxygen atoms in total. The lowest BCUT2D eigenvalue weighted by Gasteiger charge is -2.30. The van der Waals surface area contributed by atoms with E-state index in [0.29, 0.717) is 5.92 Å². The number of rotatable bonds is 5. The predicted octanol–water partition coefficient (Wildman–Crippen LogP) is 3.79. The molecular formula is C24H30N2O5. The van der Waals surface area contributed by atoms with E-state index in [1.54, 1.807) is 13.3 Å². The number of hydrogen-bond donors (Lipinski definition) is 2. The molecule has 0 atom stereocenters. The van der Waals surface area contributed by atoms with Crippen molar-refractivity contribution in [2.75, 3.05) is 20.2 Å². The molecule has 1 aromatic heterocycles. The van der Waals surface area contributed by atoms with Gasteiger partial charge in [0.05, 0.1) is 7.11 Å². The van der Waals surface area contributed by atoms with Crippen LogP contribution in [0.3, 0.4) is 0 Å². The molecule has 1 aromatic carbocycles. The van der Waals surface area contributed by atoms with Gasteiger partial charge in [0, 0.05) is 18.3 Å². The Balaban J connectivity index is 0.000000501. The quantitative estimate of drug-likeness (QED) is 0.702. The summed E-state index contributed by atoms with van der Waals surface area (Å²) in [5.41, 5.74) is 5.16. The summed E-state index contributed by atoms with van der Waals surface area (Å²) in [5, 5.41) is 14.8. The Morgan fingerprint density at radius 1 is 1.13 bits per heavy atom. The fraction of sp³-hybridized carbons (Fsp3) is 0.375. The zero-order chi connectivity index (χ0) is 22.8. The maximum Gasteiger partial charge on any atom is 0.414 e. The standard InChI is InChI=1S/C22H28N2O.C2H2O4/c1-17-13-18(2)15-20(14-17)7-6-19-8-11-24(12-9-19)16-21-5-4-10-23-22(21)25-3;3-1(4)2(5)6/h4-7,10,13-15,19H,8-9,11-12,16H2,1-3H3;(H,3,4)(H,5,6). The van der Waals surface area contributed by atoms with E-state index >= 15 is 0 Å². The van der Waals surface area contributed by atoms with Crippen LogP contribution in [0.4, 0.5) is 0 Å². The van der Waals surface area contributed by atoms with Crippen molar-refractivity contribution >= 4 is 18.0 Å². The maximum atomic E-state index is 9.10. The summed E-state index contributed by atoms with van der Waals surface area (Å²) in [5.74, 6) is -2.22. The third-order valence-corrected chi connectivity index (χ3v) is 5.06. The number of aliphatic carboxylic acids is 2. The lowest BCUT2D eigenvalue weighted by Crippen LogP contribution is -2.32. The maximum absolute atomic E-state index is 9.10. The van der Waals surface area contributed by atoms with Crippen molar-refractivity contribution in [3.05, 3.63) is 64.9 Å². The first kappa shape index (κ1) is 24.1. The Bertz CT molecular complexity index is 886. The van der Waals surface area contributed by atoms with Gasteiger partial charge in [0.15, 0.2) is 0 Å². The molecule has 0 spiro atoms. The van der Waals surface area contributed by atoms with Crippen LogP contribution < -0.4 is 4.74 Å². The van der Waals surface area contributed by atoms with E-state index in [0.717, 1.165) is 25.5 Å². The molecule has 0 unspecified atom stereocenters. The second-order valence-electron chi connectivity index (χ2n) is 7.68. The van der Waals surface area contributed by atoms with Crippen LogP contribution in [-0.4, -0.2) is 52.2 Å². The highest BCUT2D eigenvalue weighted by Crippen LogP contribution is 2.23. The van der Waals surface area contributed by atoms with Crippen molar-refractivity contribution in [1.29, 1.82) is 0 Å². The summed E-state index contributed by atoms with van der Waals surface area (Å²) in [6, 6.07) is 10.8. The summed E-state index contributed by atoms with van der Waals surface area (Å²) in [6.45, 7) is 7.50. The highest BCUT2D eigenvalue weighted by molar-refractivity contribution is 6.27. The molecule has 166 valence electrons. The monoisotopic (exact) mass is 426 g/mol. The summed E-state index contributed by atoms with van der Waals surface area (Å²) in [7, 11) is 1.69. The second-order valence-corrected chi connectivity index (χ2v) is 7.68. The van der Waals surface area contributed by atoms with Gasteiger partial charge in [-0.3, -0.25) is 4.90 Å². The minimum atomic E-state index is -1.82. The first-order valence-electron chi connectivity index (χ1n) is 10.2. The fourth-order valence-electron chi connectivity index (χ4n) is 3.63. The number of methoxy groups -OCH3 is 1. The normalized spacial score (nSPS) is 14.7. The Morgan fingerprint density at radius 3 is 2.29 bits per heavy atom. The molecule has 1 fully saturated rings. The highest BCUT2D eigenvalue weighted by atomic mass is 16.5. The van der Waals surface area contributed by atoms with E-state index in [4.69, 9.17) is 24.5 Å². The van der Waals surface area contributed by atoms with E-state index in [1.807, 2.05) is 6.07 Å². The van der Waals surface area contributed by atoms with E-state index in [2.05, 4.69) is 60.1 Å². The summed E-state index contributed by atoms with van der Waals surface area (Å²) in [4.78, 5) is 25.0. The fourth-order valence-corrected chi connectivity index (χ4v) is 3.63. The van der Waals surface area contributed by atoms with Crippen LogP contribution in [-0.2, 0) is 16.1 Å². The number of hydrogen-bond acceptors (Lipinski definition) is 5. The molecule has 2 heterocycles. The zero-order valence-electron chi connectivity index (χ0n) is 18.2. The minimum absolute atomic E-state index is 0.674. The van der Waals surface area contributed by atoms with E-state index in [-0.39, 0.29) is 0 Å². The van der Waals surface area contributed by atoms with E-state index in [9.17, 15) is 0 Å². The number of pyridine rings is 1. The van der Waals surface area contributed by atoms with Crippen LogP contribution in [0.5, 0.6) is 5.88 Å². The van der Waals surface area contributed by atoms with Crippen LogP contribution in [0.25, 0.3) is 6.08 Å². The van der Waals surface area contributed by atoms with Gasteiger partial charge in [-0.05, 0) is 57.3 Å². The van der Waals surface area contributed by atoms with Crippen molar-refractivity contribution < 1.29 is 24.5 Å². The average molecular weight is 427 g/mol. The molecule has 0 amide bonds. The molecule has 7 heteroatoms. The van der Waals surface area contributed by atoms with Gasteiger partial charge in [0.25, 0.3) is 0 Å². The molecule has 0 aliphatic carbocycles. The number of carboxylic acids is 2. The number of carbonyl (C=O) groups is 2. The van der Waals surface area contributed by atoms with E-state index < -0.39 is 11.9 Å². The summed E-state index contributed by atoms with van der Waals surface area (Å²) < 4.78 is 5.37. The molecular weight excluding hydrogens is 396 g/mol. The number of allylic oxidation sites excluding steroid dienone is 1. The number of aromatic nitrogens is 1. The van der Waals surface area contributed by atoms with E-state index in [1.165, 1.54) is 35.1 Å². The SMILES string of the molecule is COc1ncccc1CN1CCC(C=Cc2cc(C)cc(C)c2)CC1.O=C(O)C(=O)O. The predicted molar refractivity (Wildman–Crippen MR) is 119 cm³/mol. The Kier molecular flexibility index (Phi) is 9.21. The second kappa shape index (κ2) is 11.9. The van der Waals surface area contributed by atoms with Gasteiger partial charge in [-0.2, -0.15) is 0 Å². The number of nitrogens with zero attached hydrogens (tertiary/aromatic N) is 2. The average Bonchev–Trinajstić information content (AvgIpc) is 2.73. The van der Waals surface area contributed by atoms with Gasteiger partial charge < -0.3 is 14.9 Å². The van der Waals surface area contributed by atoms with Crippen LogP contribution >= 0.6 is 0 Å². The van der Waals surface area contributed by atoms with Crippen molar-refractivity contribution in [1.82, 2.24) is 9.88 Å². The molecule has 0 bridgehead atoms. The Hall–Kier alpha value is -3.19. The number of piperidine rings is 1. The molecule has 31 heavy (non-hydrogen) atoms. The first-order chi connectivity index (χ1) is 14.8. The van der Waals surface area contributed by atoms with Gasteiger partial charge in [-0.15, -0.1) is 0 Å². The first-order valence-corrected chi connectivity index (χ1v) is 10.2. The van der Waals surface area contributed by atoms with Crippen LogP contribution in [0.15, 0.2) is 42.6 Å². The van der Waals surface area contributed by atoms with Crippen LogP contribution in [0.2, 0.25) is 0 Å². The largest absolute Gasteiger partial charge is 0.481 e. The summed E-state index contributed by atoms with van der Waals surface area (Å²) >= 11 is 0. The molecule has 2 aromatic rings. The molecule has 0 radical (unpaired) electrons. The lowest BCUT2D eigenvalue weighted by molar-refractivity contribution is -0.159. The minimum Gasteiger partial charge on any atom is -0.481 e. The Labute approximate surface area is 183 Å². The topological polar surface area (TPSA) is 100.0 Å². The van der Waals surface area contributed by atoms with Crippen molar-refractivity contribution in [3.8, 4) is 5.88 Å². The van der Waals surface area contributed by atoms with Crippen molar-refractivity contribution in [3.63, 3.8) is 0 Å². The molecule has 3 rings (SSSR count). The van der Waals surface area contributed by atoms with Crippen molar-refractivity contribution in [2.45, 2.75) is 33.2 Å². The molecule has 1 aliphatic heterocycles. The van der Waals surface area contributed by atoms with Gasteiger partial charge in [0.1, 0.15) is 0 Å². The zero-order valence-corrected chi connectivity index (χ0v) is 18.2. The number of likely N-dealkylation sites (tertiary alicyclic amines) is 1. The number of carboxylic acid groups (broad SMARTS) is 2. The van der Waals surface area contributed by atoms with Gasteiger partial charge in [-0.1, -0.05) is 47.5 Å². The van der Waals surface area contributed by atoms with Gasteiger partial charge >= 0.3 is 11.9 Å². The third-order valence-electron chi connectivity index (χ3n) is 5.06. The lowest BCUT2D eigenvalue weighted by atomic mass is 9.95.